The fraction of sp³-hybridized carbons (Fsp3) is 1.00. The highest BCUT2D eigenvalue weighted by atomic mass is 16.7. The Morgan fingerprint density at radius 1 is 0.529 bits per heavy atom. The Bertz CT molecular complexity index is 560. The van der Waals surface area contributed by atoms with Crippen LogP contribution in [0.5, 0.6) is 0 Å². The van der Waals surface area contributed by atoms with Gasteiger partial charge in [-0.05, 0) is 98.2 Å². The van der Waals surface area contributed by atoms with E-state index >= 15 is 0 Å². The van der Waals surface area contributed by atoms with Gasteiger partial charge in [0.15, 0.2) is 0 Å². The molecule has 34 heavy (non-hydrogen) atoms. The third-order valence-electron chi connectivity index (χ3n) is 9.89. The zero-order valence-corrected chi connectivity index (χ0v) is 24.1. The lowest BCUT2D eigenvalue weighted by Gasteiger charge is -2.43. The Hall–Kier alpha value is -0.0551. The molecule has 3 rings (SSSR count). The number of hydrogen-bond acceptors (Lipinski definition) is 3. The molecule has 0 aromatic carbocycles. The molecule has 9 atom stereocenters. The molecule has 0 bridgehead atoms. The minimum atomic E-state index is -0.522. The summed E-state index contributed by atoms with van der Waals surface area (Å²) in [5, 5.41) is 0. The Balaban J connectivity index is 1.78. The van der Waals surface area contributed by atoms with E-state index in [4.69, 9.17) is 14.0 Å². The largest absolute Gasteiger partial charge is 0.640 e. The quantitative estimate of drug-likeness (QED) is 0.313. The van der Waals surface area contributed by atoms with E-state index in [1.165, 1.54) is 38.5 Å². The van der Waals surface area contributed by atoms with Gasteiger partial charge >= 0.3 is 7.32 Å². The van der Waals surface area contributed by atoms with Crippen LogP contribution in [0.25, 0.3) is 0 Å². The number of rotatable bonds is 9. The molecule has 0 aromatic heterocycles. The zero-order chi connectivity index (χ0) is 25.0. The first kappa shape index (κ1) is 28.5. The van der Waals surface area contributed by atoms with Crippen molar-refractivity contribution >= 4 is 7.32 Å². The Morgan fingerprint density at radius 2 is 1.00 bits per heavy atom. The lowest BCUT2D eigenvalue weighted by Crippen LogP contribution is -2.48. The summed E-state index contributed by atoms with van der Waals surface area (Å²) < 4.78 is 20.7. The van der Waals surface area contributed by atoms with Gasteiger partial charge in [0.25, 0.3) is 0 Å². The van der Waals surface area contributed by atoms with Crippen molar-refractivity contribution in [1.29, 1.82) is 0 Å². The van der Waals surface area contributed by atoms with Crippen molar-refractivity contribution in [2.24, 2.45) is 53.3 Å². The Morgan fingerprint density at radius 3 is 1.44 bits per heavy atom. The summed E-state index contributed by atoms with van der Waals surface area (Å²) in [7, 11) is -0.522. The predicted molar refractivity (Wildman–Crippen MR) is 144 cm³/mol. The molecule has 0 heterocycles. The van der Waals surface area contributed by atoms with Crippen LogP contribution in [0.4, 0.5) is 0 Å². The van der Waals surface area contributed by atoms with Gasteiger partial charge in [-0.15, -0.1) is 0 Å². The van der Waals surface area contributed by atoms with Gasteiger partial charge in [-0.1, -0.05) is 75.2 Å². The molecule has 0 aliphatic heterocycles. The van der Waals surface area contributed by atoms with Gasteiger partial charge in [-0.2, -0.15) is 0 Å². The maximum Gasteiger partial charge on any atom is 0.640 e. The molecule has 0 aromatic rings. The van der Waals surface area contributed by atoms with Gasteiger partial charge < -0.3 is 14.0 Å². The highest BCUT2D eigenvalue weighted by molar-refractivity contribution is 6.36. The Kier molecular flexibility index (Phi) is 10.9. The molecule has 3 aliphatic carbocycles. The van der Waals surface area contributed by atoms with E-state index in [-0.39, 0.29) is 18.3 Å². The maximum absolute atomic E-state index is 6.90. The van der Waals surface area contributed by atoms with Crippen molar-refractivity contribution in [2.75, 3.05) is 0 Å². The van der Waals surface area contributed by atoms with Crippen molar-refractivity contribution < 1.29 is 14.0 Å². The lowest BCUT2D eigenvalue weighted by atomic mass is 9.74. The molecule has 0 amide bonds. The molecule has 4 heteroatoms. The van der Waals surface area contributed by atoms with Crippen LogP contribution in [0, 0.1) is 53.3 Å². The van der Waals surface area contributed by atoms with Gasteiger partial charge in [0.05, 0.1) is 0 Å². The second kappa shape index (κ2) is 13.0. The van der Waals surface area contributed by atoms with Crippen molar-refractivity contribution in [3.05, 3.63) is 0 Å². The van der Waals surface area contributed by atoms with Crippen molar-refractivity contribution in [1.82, 2.24) is 0 Å². The molecule has 198 valence electrons. The summed E-state index contributed by atoms with van der Waals surface area (Å²) in [5.41, 5.74) is 0. The first-order valence-electron chi connectivity index (χ1n) is 15.0. The summed E-state index contributed by atoms with van der Waals surface area (Å²) in [6.07, 6.45) is 11.9. The molecule has 3 aliphatic rings. The van der Waals surface area contributed by atoms with Crippen molar-refractivity contribution in [3.8, 4) is 0 Å². The molecule has 0 N–H and O–H groups in total. The van der Waals surface area contributed by atoms with Crippen molar-refractivity contribution in [3.63, 3.8) is 0 Å². The minimum Gasteiger partial charge on any atom is -0.383 e. The SMILES string of the molecule is CC(C)[C@@H]1CC[C@H](C)[C@H](OB(O[C@H]2C[C@@H](C)CC[C@H]2C(C)C)O[C@H]2C[C@@H](C)CC[C@H]2C(C)C)C1. The molecule has 0 saturated heterocycles. The van der Waals surface area contributed by atoms with E-state index in [9.17, 15) is 0 Å². The van der Waals surface area contributed by atoms with E-state index in [2.05, 4.69) is 62.3 Å². The normalized spacial score (nSPS) is 39.7. The molecule has 3 nitrogen and oxygen atoms in total. The second-order valence-electron chi connectivity index (χ2n) is 13.8. The third-order valence-corrected chi connectivity index (χ3v) is 9.89. The molecular formula is C30H57BO3. The highest BCUT2D eigenvalue weighted by Gasteiger charge is 2.43. The standard InChI is InChI=1S/C30H57BO3/c1-19(2)25-13-12-24(9)28(18-25)32-31(33-29-16-22(7)10-14-26(29)20(3)4)34-30-17-23(8)11-15-27(30)21(5)6/h19-30H,10-18H2,1-9H3/t22-,23-,24-,25+,26-,27-,28+,29-,30-/m0/s1. The first-order valence-corrected chi connectivity index (χ1v) is 15.0. The molecule has 3 saturated carbocycles. The highest BCUT2D eigenvalue weighted by Crippen LogP contribution is 2.40. The Labute approximate surface area is 213 Å². The van der Waals surface area contributed by atoms with E-state index in [0.717, 1.165) is 37.0 Å². The molecule has 0 unspecified atom stereocenters. The predicted octanol–water partition coefficient (Wildman–Crippen LogP) is 8.40. The summed E-state index contributed by atoms with van der Waals surface area (Å²) in [5.74, 6) is 5.95. The van der Waals surface area contributed by atoms with Crippen LogP contribution in [0.1, 0.15) is 120 Å². The third kappa shape index (κ3) is 7.72. The van der Waals surface area contributed by atoms with E-state index < -0.39 is 7.32 Å². The number of hydrogen-bond donors (Lipinski definition) is 0. The van der Waals surface area contributed by atoms with Gasteiger partial charge in [0, 0.05) is 18.3 Å². The summed E-state index contributed by atoms with van der Waals surface area (Å²) in [6.45, 7) is 21.3. The van der Waals surface area contributed by atoms with Crippen molar-refractivity contribution in [2.45, 2.75) is 138 Å². The fourth-order valence-corrected chi connectivity index (χ4v) is 7.17. The first-order chi connectivity index (χ1) is 16.0. The van der Waals surface area contributed by atoms with E-state index in [0.29, 0.717) is 35.5 Å². The molecular weight excluding hydrogens is 419 g/mol. The van der Waals surface area contributed by atoms with Crippen LogP contribution in [-0.4, -0.2) is 25.6 Å². The van der Waals surface area contributed by atoms with Crippen LogP contribution in [-0.2, 0) is 14.0 Å². The smallest absolute Gasteiger partial charge is 0.383 e. The van der Waals surface area contributed by atoms with Crippen LogP contribution in [0.2, 0.25) is 0 Å². The second-order valence-corrected chi connectivity index (χ2v) is 13.8. The fourth-order valence-electron chi connectivity index (χ4n) is 7.17. The van der Waals surface area contributed by atoms with Crippen LogP contribution in [0.15, 0.2) is 0 Å². The van der Waals surface area contributed by atoms with Gasteiger partial charge in [0.2, 0.25) is 0 Å². The lowest BCUT2D eigenvalue weighted by molar-refractivity contribution is -0.0730. The summed E-state index contributed by atoms with van der Waals surface area (Å²) in [6, 6.07) is 0. The summed E-state index contributed by atoms with van der Waals surface area (Å²) in [4.78, 5) is 0. The maximum atomic E-state index is 6.90. The molecule has 0 radical (unpaired) electrons. The molecule has 3 fully saturated rings. The van der Waals surface area contributed by atoms with Gasteiger partial charge in [0.1, 0.15) is 0 Å². The van der Waals surface area contributed by atoms with Gasteiger partial charge in [-0.25, -0.2) is 0 Å². The minimum absolute atomic E-state index is 0.239. The average molecular weight is 477 g/mol. The van der Waals surface area contributed by atoms with E-state index in [1.54, 1.807) is 0 Å². The average Bonchev–Trinajstić information content (AvgIpc) is 2.74. The summed E-state index contributed by atoms with van der Waals surface area (Å²) >= 11 is 0. The van der Waals surface area contributed by atoms with Gasteiger partial charge in [-0.3, -0.25) is 0 Å². The monoisotopic (exact) mass is 476 g/mol. The van der Waals surface area contributed by atoms with E-state index in [1.807, 2.05) is 0 Å². The topological polar surface area (TPSA) is 27.7 Å². The van der Waals surface area contributed by atoms with Crippen LogP contribution < -0.4 is 0 Å². The van der Waals surface area contributed by atoms with Crippen LogP contribution >= 0.6 is 0 Å². The van der Waals surface area contributed by atoms with Crippen LogP contribution in [0.3, 0.4) is 0 Å². The molecule has 0 spiro atoms. The zero-order valence-electron chi connectivity index (χ0n) is 24.1.